The number of pyridine rings is 1. The molecule has 3 rings (SSSR count). The summed E-state index contributed by atoms with van der Waals surface area (Å²) in [5, 5.41) is 11.1. The van der Waals surface area contributed by atoms with Gasteiger partial charge in [-0.05, 0) is 24.3 Å². The monoisotopic (exact) mass is 436 g/mol. The number of methoxy groups -OCH3 is 1. The molecule has 0 spiro atoms. The smallest absolute Gasteiger partial charge is 0.422 e. The van der Waals surface area contributed by atoms with Crippen molar-refractivity contribution in [2.24, 2.45) is 0 Å². The Morgan fingerprint density at radius 1 is 1.19 bits per heavy atom. The number of carbonyl (C=O) groups is 2. The van der Waals surface area contributed by atoms with E-state index < -0.39 is 45.5 Å². The van der Waals surface area contributed by atoms with Crippen LogP contribution in [-0.2, 0) is 11.0 Å². The second kappa shape index (κ2) is 8.09. The number of nitrogens with zero attached hydrogens (tertiary/aromatic N) is 2. The van der Waals surface area contributed by atoms with Gasteiger partial charge in [-0.25, -0.2) is 0 Å². The number of carbonyl (C=O) groups excluding carboxylic acids is 2. The van der Waals surface area contributed by atoms with Gasteiger partial charge in [-0.15, -0.1) is 0 Å². The van der Waals surface area contributed by atoms with Crippen molar-refractivity contribution in [1.82, 2.24) is 4.40 Å². The lowest BCUT2D eigenvalue weighted by atomic mass is 10.0. The van der Waals surface area contributed by atoms with Gasteiger partial charge < -0.3 is 13.9 Å². The molecule has 0 N–H and O–H groups in total. The molecule has 0 fully saturated rings. The van der Waals surface area contributed by atoms with Gasteiger partial charge in [-0.1, -0.05) is 13.0 Å². The van der Waals surface area contributed by atoms with Gasteiger partial charge in [-0.3, -0.25) is 19.7 Å². The zero-order valence-electron chi connectivity index (χ0n) is 16.2. The molecule has 0 unspecified atom stereocenters. The number of alkyl halides is 3. The van der Waals surface area contributed by atoms with Crippen LogP contribution in [0.4, 0.5) is 18.9 Å². The van der Waals surface area contributed by atoms with Crippen LogP contribution in [0.2, 0.25) is 0 Å². The van der Waals surface area contributed by atoms with Crippen molar-refractivity contribution >= 4 is 23.0 Å². The normalized spacial score (nSPS) is 11.4. The van der Waals surface area contributed by atoms with Gasteiger partial charge in [0.15, 0.2) is 11.5 Å². The van der Waals surface area contributed by atoms with Crippen LogP contribution in [0.1, 0.15) is 35.0 Å². The molecule has 0 amide bonds. The molecule has 0 bridgehead atoms. The van der Waals surface area contributed by atoms with Crippen LogP contribution in [0.5, 0.6) is 11.5 Å². The number of ether oxygens (including phenoxy) is 2. The molecule has 162 valence electrons. The Balaban J connectivity index is 2.30. The third kappa shape index (κ3) is 3.93. The van der Waals surface area contributed by atoms with E-state index in [0.717, 1.165) is 29.7 Å². The van der Waals surface area contributed by atoms with E-state index >= 15 is 0 Å². The number of esters is 1. The van der Waals surface area contributed by atoms with Crippen LogP contribution < -0.4 is 9.47 Å². The zero-order valence-corrected chi connectivity index (χ0v) is 16.2. The van der Waals surface area contributed by atoms with Crippen molar-refractivity contribution in [2.75, 3.05) is 7.11 Å². The fourth-order valence-electron chi connectivity index (χ4n) is 3.06. The summed E-state index contributed by atoms with van der Waals surface area (Å²) < 4.78 is 52.9. The Morgan fingerprint density at radius 3 is 2.48 bits per heavy atom. The second-order valence-electron chi connectivity index (χ2n) is 6.31. The summed E-state index contributed by atoms with van der Waals surface area (Å²) in [6.07, 6.45) is -3.99. The fourth-order valence-corrected chi connectivity index (χ4v) is 3.06. The number of rotatable bonds is 6. The highest BCUT2D eigenvalue weighted by atomic mass is 19.4. The molecular weight excluding hydrogens is 421 g/mol. The van der Waals surface area contributed by atoms with Crippen LogP contribution in [0.25, 0.3) is 5.52 Å². The highest BCUT2D eigenvalue weighted by molar-refractivity contribution is 6.11. The average Bonchev–Trinajstić information content (AvgIpc) is 3.07. The van der Waals surface area contributed by atoms with Crippen molar-refractivity contribution in [3.63, 3.8) is 0 Å². The third-order valence-electron chi connectivity index (χ3n) is 4.44. The Labute approximate surface area is 172 Å². The standard InChI is InChI=1S/C20H15F3N2O6/c1-3-15(26)31-19-13-6-4-5-9-24(13)17(16(19)20(21,22)23)18(27)11-7-8-12(25(28)29)14(10-11)30-2/h4-10H,3H2,1-2H3. The maximum Gasteiger partial charge on any atom is 0.422 e. The number of halogens is 3. The number of hydrogen-bond donors (Lipinski definition) is 0. The lowest BCUT2D eigenvalue weighted by Gasteiger charge is -2.11. The summed E-state index contributed by atoms with van der Waals surface area (Å²) in [7, 11) is 1.13. The van der Waals surface area contributed by atoms with E-state index in [1.54, 1.807) is 0 Å². The SMILES string of the molecule is CCC(=O)Oc1c(C(F)(F)F)c(C(=O)c2ccc([N+](=O)[O-])c(OC)c2)n2ccccc12. The summed E-state index contributed by atoms with van der Waals surface area (Å²) in [4.78, 5) is 35.3. The molecule has 1 aromatic carbocycles. The highest BCUT2D eigenvalue weighted by Crippen LogP contribution is 2.44. The van der Waals surface area contributed by atoms with Gasteiger partial charge in [0.1, 0.15) is 11.3 Å². The number of aromatic nitrogens is 1. The number of nitro benzene ring substituents is 1. The number of fused-ring (bicyclic) bond motifs is 1. The Bertz CT molecular complexity index is 1200. The molecule has 2 heterocycles. The summed E-state index contributed by atoms with van der Waals surface area (Å²) in [5.41, 5.74) is -3.06. The first-order chi connectivity index (χ1) is 14.6. The maximum absolute atomic E-state index is 14.0. The van der Waals surface area contributed by atoms with Crippen LogP contribution in [0, 0.1) is 10.1 Å². The molecule has 3 aromatic rings. The van der Waals surface area contributed by atoms with Crippen LogP contribution in [0.15, 0.2) is 42.6 Å². The first kappa shape index (κ1) is 21.8. The molecule has 8 nitrogen and oxygen atoms in total. The van der Waals surface area contributed by atoms with E-state index in [1.807, 2.05) is 0 Å². The average molecular weight is 436 g/mol. The maximum atomic E-state index is 14.0. The van der Waals surface area contributed by atoms with Crippen LogP contribution >= 0.6 is 0 Å². The lowest BCUT2D eigenvalue weighted by molar-refractivity contribution is -0.385. The largest absolute Gasteiger partial charge is 0.490 e. The van der Waals surface area contributed by atoms with Crippen molar-refractivity contribution in [3.05, 3.63) is 69.5 Å². The van der Waals surface area contributed by atoms with Gasteiger partial charge in [0, 0.05) is 24.2 Å². The summed E-state index contributed by atoms with van der Waals surface area (Å²) in [6, 6.07) is 7.10. The number of benzene rings is 1. The minimum absolute atomic E-state index is 0.131. The Hall–Kier alpha value is -3.89. The number of ketones is 1. The second-order valence-corrected chi connectivity index (χ2v) is 6.31. The molecule has 0 saturated carbocycles. The predicted molar refractivity (Wildman–Crippen MR) is 101 cm³/mol. The number of hydrogen-bond acceptors (Lipinski definition) is 6. The zero-order chi connectivity index (χ0) is 22.9. The van der Waals surface area contributed by atoms with E-state index in [4.69, 9.17) is 9.47 Å². The quantitative estimate of drug-likeness (QED) is 0.245. The van der Waals surface area contributed by atoms with E-state index in [-0.39, 0.29) is 23.3 Å². The van der Waals surface area contributed by atoms with E-state index in [9.17, 15) is 32.9 Å². The summed E-state index contributed by atoms with van der Waals surface area (Å²) in [5.74, 6) is -3.06. The Kier molecular flexibility index (Phi) is 5.69. The molecule has 0 aliphatic carbocycles. The van der Waals surface area contributed by atoms with Gasteiger partial charge in [-0.2, -0.15) is 13.2 Å². The number of nitro groups is 1. The molecular formula is C20H15F3N2O6. The first-order valence-electron chi connectivity index (χ1n) is 8.88. The van der Waals surface area contributed by atoms with Crippen molar-refractivity contribution in [2.45, 2.75) is 19.5 Å². The third-order valence-corrected chi connectivity index (χ3v) is 4.44. The minimum Gasteiger partial charge on any atom is -0.490 e. The van der Waals surface area contributed by atoms with E-state index in [2.05, 4.69) is 0 Å². The van der Waals surface area contributed by atoms with E-state index in [1.165, 1.54) is 31.3 Å². The molecule has 11 heteroatoms. The molecule has 0 aliphatic heterocycles. The van der Waals surface area contributed by atoms with Gasteiger partial charge >= 0.3 is 17.8 Å². The highest BCUT2D eigenvalue weighted by Gasteiger charge is 2.43. The van der Waals surface area contributed by atoms with Crippen molar-refractivity contribution in [1.29, 1.82) is 0 Å². The van der Waals surface area contributed by atoms with Crippen LogP contribution in [0.3, 0.4) is 0 Å². The predicted octanol–water partition coefficient (Wildman–Crippen LogP) is 4.42. The van der Waals surface area contributed by atoms with Crippen molar-refractivity contribution < 1.29 is 37.2 Å². The van der Waals surface area contributed by atoms with Gasteiger partial charge in [0.25, 0.3) is 0 Å². The van der Waals surface area contributed by atoms with Gasteiger partial charge in [0.05, 0.1) is 17.5 Å². The molecule has 0 aliphatic rings. The molecule has 31 heavy (non-hydrogen) atoms. The molecule has 0 saturated heterocycles. The molecule has 0 atom stereocenters. The fraction of sp³-hybridized carbons (Fsp3) is 0.200. The summed E-state index contributed by atoms with van der Waals surface area (Å²) >= 11 is 0. The topological polar surface area (TPSA) is 100 Å². The Morgan fingerprint density at radius 2 is 1.90 bits per heavy atom. The molecule has 0 radical (unpaired) electrons. The van der Waals surface area contributed by atoms with Crippen molar-refractivity contribution in [3.8, 4) is 11.5 Å². The summed E-state index contributed by atoms with van der Waals surface area (Å²) in [6.45, 7) is 1.42. The minimum atomic E-state index is -5.04. The van der Waals surface area contributed by atoms with Crippen LogP contribution in [-0.4, -0.2) is 28.2 Å². The first-order valence-corrected chi connectivity index (χ1v) is 8.88. The van der Waals surface area contributed by atoms with E-state index in [0.29, 0.717) is 0 Å². The lowest BCUT2D eigenvalue weighted by Crippen LogP contribution is -2.16. The molecule has 2 aromatic heterocycles. The van der Waals surface area contributed by atoms with Gasteiger partial charge in [0.2, 0.25) is 5.78 Å².